The van der Waals surface area contributed by atoms with Gasteiger partial charge in [-0.25, -0.2) is 19.2 Å². The summed E-state index contributed by atoms with van der Waals surface area (Å²) in [5, 5.41) is 4.80. The Balaban J connectivity index is 1.64. The van der Waals surface area contributed by atoms with Crippen LogP contribution in [0.2, 0.25) is 0 Å². The molecule has 0 atom stereocenters. The van der Waals surface area contributed by atoms with Gasteiger partial charge in [0.25, 0.3) is 11.8 Å². The summed E-state index contributed by atoms with van der Waals surface area (Å²) in [7, 11) is 1.28. The van der Waals surface area contributed by atoms with Crippen LogP contribution in [0.15, 0.2) is 60.9 Å². The van der Waals surface area contributed by atoms with E-state index in [0.29, 0.717) is 5.56 Å². The van der Waals surface area contributed by atoms with E-state index in [1.165, 1.54) is 19.2 Å². The zero-order valence-electron chi connectivity index (χ0n) is 18.4. The highest BCUT2D eigenvalue weighted by molar-refractivity contribution is 5.97. The van der Waals surface area contributed by atoms with Crippen LogP contribution in [0.5, 0.6) is 0 Å². The van der Waals surface area contributed by atoms with Crippen LogP contribution < -0.4 is 10.6 Å². The second-order valence-electron chi connectivity index (χ2n) is 6.25. The average molecular weight is 424 g/mol. The SMILES string of the molecule is [2H]C([2H])(NC(=O)c1cc(C(=O)NCc2ccc(C(=O)OC)cc2)ncn1)c1ccc(F)cc1. The minimum absolute atomic E-state index is 0.0440. The fraction of sp³-hybridized carbons (Fsp3) is 0.136. The molecule has 0 radical (unpaired) electrons. The van der Waals surface area contributed by atoms with E-state index in [9.17, 15) is 18.8 Å². The molecule has 2 amide bonds. The van der Waals surface area contributed by atoms with Gasteiger partial charge in [-0.3, -0.25) is 9.59 Å². The molecular formula is C22H19FN4O4. The zero-order chi connectivity index (χ0) is 24.0. The number of nitrogens with one attached hydrogen (secondary N) is 2. The Hall–Kier alpha value is -4.14. The normalized spacial score (nSPS) is 11.7. The van der Waals surface area contributed by atoms with Gasteiger partial charge in [0.05, 0.1) is 15.4 Å². The summed E-state index contributed by atoms with van der Waals surface area (Å²) in [6.45, 7) is -2.16. The van der Waals surface area contributed by atoms with Gasteiger partial charge in [0, 0.05) is 19.1 Å². The van der Waals surface area contributed by atoms with E-state index in [-0.39, 0.29) is 23.5 Å². The molecular weight excluding hydrogens is 403 g/mol. The molecule has 9 heteroatoms. The van der Waals surface area contributed by atoms with Crippen LogP contribution in [0.4, 0.5) is 4.39 Å². The summed E-state index contributed by atoms with van der Waals surface area (Å²) in [5.41, 5.74) is 0.824. The predicted molar refractivity (Wildman–Crippen MR) is 109 cm³/mol. The molecule has 0 unspecified atom stereocenters. The first-order valence-electron chi connectivity index (χ1n) is 10.1. The lowest BCUT2D eigenvalue weighted by molar-refractivity contribution is 0.0600. The maximum Gasteiger partial charge on any atom is 0.337 e. The van der Waals surface area contributed by atoms with Gasteiger partial charge in [-0.05, 0) is 35.4 Å². The van der Waals surface area contributed by atoms with Crippen LogP contribution in [-0.4, -0.2) is 34.9 Å². The molecule has 0 aliphatic rings. The van der Waals surface area contributed by atoms with Crippen LogP contribution in [0.1, 0.15) is 45.2 Å². The van der Waals surface area contributed by atoms with Gasteiger partial charge in [-0.15, -0.1) is 0 Å². The highest BCUT2D eigenvalue weighted by atomic mass is 19.1. The summed E-state index contributed by atoms with van der Waals surface area (Å²) in [6.07, 6.45) is 1.02. The van der Waals surface area contributed by atoms with E-state index in [2.05, 4.69) is 25.3 Å². The van der Waals surface area contributed by atoms with Crippen molar-refractivity contribution in [2.75, 3.05) is 7.11 Å². The van der Waals surface area contributed by atoms with E-state index in [1.54, 1.807) is 24.3 Å². The fourth-order valence-corrected chi connectivity index (χ4v) is 2.48. The van der Waals surface area contributed by atoms with Gasteiger partial charge in [0.1, 0.15) is 23.5 Å². The molecule has 2 aromatic carbocycles. The lowest BCUT2D eigenvalue weighted by Gasteiger charge is -2.08. The number of carbonyl (C=O) groups is 3. The van der Waals surface area contributed by atoms with E-state index in [0.717, 1.165) is 30.1 Å². The molecule has 0 aliphatic carbocycles. The molecule has 3 aromatic rings. The van der Waals surface area contributed by atoms with Crippen molar-refractivity contribution < 1.29 is 26.3 Å². The lowest BCUT2D eigenvalue weighted by atomic mass is 10.1. The summed E-state index contributed by atoms with van der Waals surface area (Å²) < 4.78 is 33.8. The standard InChI is InChI=1S/C22H19FN4O4/c1-31-22(30)16-6-2-14(3-7-16)11-24-20(28)18-10-19(27-13-26-18)21(29)25-12-15-4-8-17(23)9-5-15/h2-10,13H,11-12H2,1H3,(H,24,28)(H,25,29)/i12D2. The summed E-state index contributed by atoms with van der Waals surface area (Å²) in [4.78, 5) is 44.0. The second kappa shape index (κ2) is 10.1. The Morgan fingerprint density at radius 1 is 0.935 bits per heavy atom. The number of amides is 2. The van der Waals surface area contributed by atoms with Gasteiger partial charge in [-0.2, -0.15) is 0 Å². The quantitative estimate of drug-likeness (QED) is 0.563. The Morgan fingerprint density at radius 3 is 2.13 bits per heavy atom. The van der Waals surface area contributed by atoms with E-state index >= 15 is 0 Å². The van der Waals surface area contributed by atoms with Crippen LogP contribution in [0.3, 0.4) is 0 Å². The van der Waals surface area contributed by atoms with E-state index in [1.807, 2.05) is 0 Å². The van der Waals surface area contributed by atoms with Crippen molar-refractivity contribution >= 4 is 17.8 Å². The summed E-state index contributed by atoms with van der Waals surface area (Å²) in [6, 6.07) is 12.2. The number of nitrogens with zero attached hydrogens (tertiary/aromatic N) is 2. The Morgan fingerprint density at radius 2 is 1.52 bits per heavy atom. The van der Waals surface area contributed by atoms with Crippen molar-refractivity contribution in [1.82, 2.24) is 20.6 Å². The number of benzene rings is 2. The van der Waals surface area contributed by atoms with Crippen LogP contribution in [0, 0.1) is 5.82 Å². The van der Waals surface area contributed by atoms with E-state index < -0.39 is 30.1 Å². The number of ether oxygens (including phenoxy) is 1. The molecule has 0 fully saturated rings. The van der Waals surface area contributed by atoms with Crippen LogP contribution in [0.25, 0.3) is 0 Å². The highest BCUT2D eigenvalue weighted by Gasteiger charge is 2.13. The zero-order valence-corrected chi connectivity index (χ0v) is 16.4. The minimum atomic E-state index is -2.30. The minimum Gasteiger partial charge on any atom is -0.465 e. The smallest absolute Gasteiger partial charge is 0.337 e. The van der Waals surface area contributed by atoms with Crippen LogP contribution in [-0.2, 0) is 17.8 Å². The van der Waals surface area contributed by atoms with Crippen molar-refractivity contribution in [3.8, 4) is 0 Å². The van der Waals surface area contributed by atoms with E-state index in [4.69, 9.17) is 2.74 Å². The molecule has 0 saturated heterocycles. The Bertz CT molecular complexity index is 1170. The maximum absolute atomic E-state index is 13.1. The second-order valence-corrected chi connectivity index (χ2v) is 6.25. The number of hydrogen-bond acceptors (Lipinski definition) is 6. The largest absolute Gasteiger partial charge is 0.465 e. The molecule has 31 heavy (non-hydrogen) atoms. The summed E-state index contributed by atoms with van der Waals surface area (Å²) >= 11 is 0. The molecule has 3 rings (SSSR count). The number of carbonyl (C=O) groups excluding carboxylic acids is 3. The van der Waals surface area contributed by atoms with Gasteiger partial charge in [0.15, 0.2) is 0 Å². The van der Waals surface area contributed by atoms with Crippen molar-refractivity contribution in [2.45, 2.75) is 13.0 Å². The van der Waals surface area contributed by atoms with Crippen LogP contribution >= 0.6 is 0 Å². The Kier molecular flexibility index (Phi) is 6.12. The number of esters is 1. The van der Waals surface area contributed by atoms with Crippen molar-refractivity contribution in [1.29, 1.82) is 0 Å². The first-order chi connectivity index (χ1) is 15.7. The molecule has 0 aliphatic heterocycles. The molecule has 1 heterocycles. The molecule has 1 aromatic heterocycles. The number of halogens is 1. The third-order valence-corrected chi connectivity index (χ3v) is 4.13. The van der Waals surface area contributed by atoms with Gasteiger partial charge >= 0.3 is 5.97 Å². The lowest BCUT2D eigenvalue weighted by Crippen LogP contribution is -2.27. The highest BCUT2D eigenvalue weighted by Crippen LogP contribution is 2.07. The molecule has 8 nitrogen and oxygen atoms in total. The molecule has 0 bridgehead atoms. The van der Waals surface area contributed by atoms with Gasteiger partial charge in [-0.1, -0.05) is 24.3 Å². The monoisotopic (exact) mass is 424 g/mol. The number of aromatic nitrogens is 2. The van der Waals surface area contributed by atoms with Crippen molar-refractivity contribution in [3.63, 3.8) is 0 Å². The molecule has 2 N–H and O–H groups in total. The first kappa shape index (κ1) is 18.9. The molecule has 158 valence electrons. The average Bonchev–Trinajstić information content (AvgIpc) is 2.82. The van der Waals surface area contributed by atoms with Gasteiger partial charge in [0.2, 0.25) is 0 Å². The number of methoxy groups -OCH3 is 1. The van der Waals surface area contributed by atoms with Gasteiger partial charge < -0.3 is 15.4 Å². The molecule has 0 spiro atoms. The van der Waals surface area contributed by atoms with Crippen molar-refractivity contribution in [3.05, 3.63) is 94.8 Å². The first-order valence-corrected chi connectivity index (χ1v) is 9.05. The third-order valence-electron chi connectivity index (χ3n) is 4.13. The maximum atomic E-state index is 13.1. The number of hydrogen-bond donors (Lipinski definition) is 2. The Labute approximate surface area is 180 Å². The fourth-order valence-electron chi connectivity index (χ4n) is 2.48. The molecule has 0 saturated carbocycles. The third kappa shape index (κ3) is 5.92. The number of rotatable bonds is 7. The van der Waals surface area contributed by atoms with Crippen molar-refractivity contribution in [2.24, 2.45) is 0 Å². The summed E-state index contributed by atoms with van der Waals surface area (Å²) in [5.74, 6) is -2.46. The topological polar surface area (TPSA) is 110 Å². The predicted octanol–water partition coefficient (Wildman–Crippen LogP) is 2.26.